The summed E-state index contributed by atoms with van der Waals surface area (Å²) in [5.41, 5.74) is 0.862. The summed E-state index contributed by atoms with van der Waals surface area (Å²) < 4.78 is 11.7. The van der Waals surface area contributed by atoms with Crippen LogP contribution in [0.3, 0.4) is 0 Å². The van der Waals surface area contributed by atoms with Crippen molar-refractivity contribution < 1.29 is 14.3 Å². The van der Waals surface area contributed by atoms with E-state index in [9.17, 15) is 4.79 Å². The Hall–Kier alpha value is -2.53. The van der Waals surface area contributed by atoms with Crippen LogP contribution >= 0.6 is 0 Å². The molecule has 5 nitrogen and oxygen atoms in total. The van der Waals surface area contributed by atoms with E-state index in [2.05, 4.69) is 10.6 Å². The van der Waals surface area contributed by atoms with Crippen LogP contribution in [-0.2, 0) is 4.79 Å². The van der Waals surface area contributed by atoms with E-state index in [1.54, 1.807) is 0 Å². The minimum atomic E-state index is 0.0869. The van der Waals surface area contributed by atoms with Gasteiger partial charge >= 0.3 is 0 Å². The molecular weight excluding hydrogens is 340 g/mol. The highest BCUT2D eigenvalue weighted by molar-refractivity contribution is 5.90. The SMILES string of the molecule is O=C(CCCCCNCCC1COc2ccccc2O1)Nc1ccccc1. The molecule has 1 aliphatic rings. The summed E-state index contributed by atoms with van der Waals surface area (Å²) in [5, 5.41) is 6.36. The van der Waals surface area contributed by atoms with Gasteiger partial charge in [-0.05, 0) is 50.2 Å². The van der Waals surface area contributed by atoms with Gasteiger partial charge in [0.15, 0.2) is 11.5 Å². The summed E-state index contributed by atoms with van der Waals surface area (Å²) in [6.07, 6.45) is 4.63. The van der Waals surface area contributed by atoms with Crippen molar-refractivity contribution >= 4 is 11.6 Å². The number of ether oxygens (including phenoxy) is 2. The molecule has 0 saturated heterocycles. The third-order valence-electron chi connectivity index (χ3n) is 4.53. The monoisotopic (exact) mass is 368 g/mol. The van der Waals surface area contributed by atoms with Gasteiger partial charge in [0.05, 0.1) is 0 Å². The quantitative estimate of drug-likeness (QED) is 0.622. The van der Waals surface area contributed by atoms with Crippen LogP contribution in [0.25, 0.3) is 0 Å². The fraction of sp³-hybridized carbons (Fsp3) is 0.409. The number of carbonyl (C=O) groups is 1. The van der Waals surface area contributed by atoms with Crippen LogP contribution in [0.4, 0.5) is 5.69 Å². The summed E-state index contributed by atoms with van der Waals surface area (Å²) in [4.78, 5) is 11.9. The normalized spacial score (nSPS) is 15.3. The smallest absolute Gasteiger partial charge is 0.224 e. The number of amides is 1. The Balaban J connectivity index is 1.18. The standard InChI is InChI=1S/C22H28N2O3/c25-22(24-18-9-3-1-4-10-18)13-5-2-8-15-23-16-14-19-17-26-20-11-6-7-12-21(20)27-19/h1,3-4,6-7,9-12,19,23H,2,5,8,13-17H2,(H,24,25). The molecule has 1 aliphatic heterocycles. The first kappa shape index (κ1) is 19.2. The molecule has 1 heterocycles. The molecule has 144 valence electrons. The summed E-state index contributed by atoms with van der Waals surface area (Å²) in [7, 11) is 0. The van der Waals surface area contributed by atoms with Gasteiger partial charge in [0, 0.05) is 18.5 Å². The minimum Gasteiger partial charge on any atom is -0.486 e. The topological polar surface area (TPSA) is 59.6 Å². The van der Waals surface area contributed by atoms with Crippen molar-refractivity contribution in [1.82, 2.24) is 5.32 Å². The van der Waals surface area contributed by atoms with Crippen LogP contribution in [-0.4, -0.2) is 31.7 Å². The summed E-state index contributed by atoms with van der Waals surface area (Å²) in [5.74, 6) is 1.75. The maximum atomic E-state index is 11.9. The third kappa shape index (κ3) is 6.61. The number of benzene rings is 2. The summed E-state index contributed by atoms with van der Waals surface area (Å²) in [6.45, 7) is 2.48. The molecule has 0 aliphatic carbocycles. The first-order valence-corrected chi connectivity index (χ1v) is 9.75. The molecule has 0 fully saturated rings. The van der Waals surface area contributed by atoms with Gasteiger partial charge in [-0.3, -0.25) is 4.79 Å². The highest BCUT2D eigenvalue weighted by atomic mass is 16.6. The van der Waals surface area contributed by atoms with Crippen LogP contribution in [0.5, 0.6) is 11.5 Å². The molecule has 2 aromatic carbocycles. The Bertz CT molecular complexity index is 706. The number of nitrogens with one attached hydrogen (secondary N) is 2. The second-order valence-corrected chi connectivity index (χ2v) is 6.76. The van der Waals surface area contributed by atoms with Crippen molar-refractivity contribution in [3.63, 3.8) is 0 Å². The van der Waals surface area contributed by atoms with Gasteiger partial charge in [0.2, 0.25) is 5.91 Å². The summed E-state index contributed by atoms with van der Waals surface area (Å²) in [6, 6.07) is 17.4. The predicted octanol–water partition coefficient (Wildman–Crippen LogP) is 4.01. The van der Waals surface area contributed by atoms with Crippen LogP contribution in [0.1, 0.15) is 32.1 Å². The van der Waals surface area contributed by atoms with Crippen LogP contribution in [0.2, 0.25) is 0 Å². The molecule has 3 rings (SSSR count). The zero-order valence-electron chi connectivity index (χ0n) is 15.7. The predicted molar refractivity (Wildman–Crippen MR) is 107 cm³/mol. The molecule has 5 heteroatoms. The zero-order chi connectivity index (χ0) is 18.7. The van der Waals surface area contributed by atoms with Gasteiger partial charge in [0.25, 0.3) is 0 Å². The van der Waals surface area contributed by atoms with Gasteiger partial charge in [-0.2, -0.15) is 0 Å². The minimum absolute atomic E-state index is 0.0869. The summed E-state index contributed by atoms with van der Waals surface area (Å²) >= 11 is 0. The molecule has 0 bridgehead atoms. The molecule has 2 aromatic rings. The van der Waals surface area contributed by atoms with Gasteiger partial charge < -0.3 is 20.1 Å². The van der Waals surface area contributed by atoms with Crippen molar-refractivity contribution in [3.05, 3.63) is 54.6 Å². The van der Waals surface area contributed by atoms with E-state index >= 15 is 0 Å². The number of rotatable bonds is 10. The van der Waals surface area contributed by atoms with Crippen molar-refractivity contribution in [3.8, 4) is 11.5 Å². The Morgan fingerprint density at radius 3 is 2.56 bits per heavy atom. The number of hydrogen-bond acceptors (Lipinski definition) is 4. The molecule has 1 atom stereocenters. The van der Waals surface area contributed by atoms with Gasteiger partial charge in [0.1, 0.15) is 12.7 Å². The fourth-order valence-electron chi connectivity index (χ4n) is 3.05. The van der Waals surface area contributed by atoms with E-state index in [4.69, 9.17) is 9.47 Å². The third-order valence-corrected chi connectivity index (χ3v) is 4.53. The van der Waals surface area contributed by atoms with Crippen molar-refractivity contribution in [2.75, 3.05) is 25.0 Å². The van der Waals surface area contributed by atoms with Crippen molar-refractivity contribution in [2.45, 2.75) is 38.2 Å². The number of unbranched alkanes of at least 4 members (excludes halogenated alkanes) is 2. The van der Waals surface area contributed by atoms with E-state index in [-0.39, 0.29) is 12.0 Å². The fourth-order valence-corrected chi connectivity index (χ4v) is 3.05. The molecule has 0 radical (unpaired) electrons. The zero-order valence-corrected chi connectivity index (χ0v) is 15.7. The van der Waals surface area contributed by atoms with E-state index in [0.717, 1.165) is 56.0 Å². The number of anilines is 1. The van der Waals surface area contributed by atoms with Crippen LogP contribution in [0.15, 0.2) is 54.6 Å². The van der Waals surface area contributed by atoms with E-state index in [0.29, 0.717) is 13.0 Å². The van der Waals surface area contributed by atoms with Gasteiger partial charge in [-0.1, -0.05) is 36.8 Å². The van der Waals surface area contributed by atoms with Crippen LogP contribution < -0.4 is 20.1 Å². The maximum Gasteiger partial charge on any atom is 0.224 e. The molecule has 0 aromatic heterocycles. The van der Waals surface area contributed by atoms with Crippen LogP contribution in [0, 0.1) is 0 Å². The Kier molecular flexibility index (Phi) is 7.54. The van der Waals surface area contributed by atoms with Crippen molar-refractivity contribution in [2.24, 2.45) is 0 Å². The maximum absolute atomic E-state index is 11.9. The lowest BCUT2D eigenvalue weighted by Gasteiger charge is -2.26. The number of para-hydroxylation sites is 3. The molecular formula is C22H28N2O3. The Labute approximate surface area is 161 Å². The lowest BCUT2D eigenvalue weighted by molar-refractivity contribution is -0.116. The highest BCUT2D eigenvalue weighted by Gasteiger charge is 2.19. The van der Waals surface area contributed by atoms with E-state index < -0.39 is 0 Å². The molecule has 0 spiro atoms. The Morgan fingerprint density at radius 1 is 0.926 bits per heavy atom. The van der Waals surface area contributed by atoms with E-state index in [1.165, 1.54) is 0 Å². The number of fused-ring (bicyclic) bond motifs is 1. The van der Waals surface area contributed by atoms with E-state index in [1.807, 2.05) is 54.6 Å². The lowest BCUT2D eigenvalue weighted by atomic mass is 10.1. The molecule has 1 unspecified atom stereocenters. The van der Waals surface area contributed by atoms with Gasteiger partial charge in [-0.25, -0.2) is 0 Å². The average Bonchev–Trinajstić information content (AvgIpc) is 2.70. The number of carbonyl (C=O) groups excluding carboxylic acids is 1. The molecule has 0 saturated carbocycles. The lowest BCUT2D eigenvalue weighted by Crippen LogP contribution is -2.32. The largest absolute Gasteiger partial charge is 0.486 e. The first-order valence-electron chi connectivity index (χ1n) is 9.75. The molecule has 1 amide bonds. The van der Waals surface area contributed by atoms with Crippen molar-refractivity contribution in [1.29, 1.82) is 0 Å². The van der Waals surface area contributed by atoms with Gasteiger partial charge in [-0.15, -0.1) is 0 Å². The molecule has 2 N–H and O–H groups in total. The average molecular weight is 368 g/mol. The highest BCUT2D eigenvalue weighted by Crippen LogP contribution is 2.31. The first-order chi connectivity index (χ1) is 13.3. The Morgan fingerprint density at radius 2 is 1.70 bits per heavy atom. The second kappa shape index (κ2) is 10.6. The second-order valence-electron chi connectivity index (χ2n) is 6.76. The molecule has 27 heavy (non-hydrogen) atoms. The number of hydrogen-bond donors (Lipinski definition) is 2.